The van der Waals surface area contributed by atoms with Gasteiger partial charge in [0.05, 0.1) is 5.57 Å². The van der Waals surface area contributed by atoms with Gasteiger partial charge in [-0.15, -0.1) is 5.10 Å². The largest absolute Gasteiger partial charge is 0.489 e. The Kier molecular flexibility index (Phi) is 7.59. The van der Waals surface area contributed by atoms with Crippen molar-refractivity contribution in [2.75, 3.05) is 17.7 Å². The Morgan fingerprint density at radius 2 is 2.03 bits per heavy atom. The molecule has 1 N–H and O–H groups in total. The minimum absolute atomic E-state index is 0.109. The van der Waals surface area contributed by atoms with Crippen LogP contribution in [0, 0.1) is 0 Å². The number of thioether (sulfide) groups is 1. The number of benzene rings is 2. The quantitative estimate of drug-likeness (QED) is 0.233. The molecule has 1 aromatic heterocycles. The maximum Gasteiger partial charge on any atom is 0.338 e. The van der Waals surface area contributed by atoms with Gasteiger partial charge in [-0.25, -0.2) is 9.48 Å². The van der Waals surface area contributed by atoms with Gasteiger partial charge in [0.25, 0.3) is 0 Å². The molecular weight excluding hydrogens is 472 g/mol. The number of carbonyl (C=O) groups excluding carboxylic acids is 1. The van der Waals surface area contributed by atoms with Crippen LogP contribution in [0.15, 0.2) is 77.6 Å². The lowest BCUT2D eigenvalue weighted by atomic mass is 9.95. The van der Waals surface area contributed by atoms with Crippen molar-refractivity contribution in [3.8, 4) is 5.75 Å². The standard InChI is InChI=1S/C25H25ClN4O3S/c1-4-14-32-23(31)21-16(3)27-24-28-25(34-5-2)29-30(24)22(21)19-8-6-7-9-20(19)33-15-17-10-12-18(26)13-11-17/h4,6-13,22H,1,5,14-15H2,2-3H3,(H,27,28,29). The topological polar surface area (TPSA) is 78.3 Å². The summed E-state index contributed by atoms with van der Waals surface area (Å²) in [7, 11) is 0. The number of halogens is 1. The summed E-state index contributed by atoms with van der Waals surface area (Å²) >= 11 is 7.53. The molecule has 1 atom stereocenters. The highest BCUT2D eigenvalue weighted by molar-refractivity contribution is 7.99. The number of aromatic nitrogens is 3. The molecule has 0 aliphatic carbocycles. The SMILES string of the molecule is C=CCOC(=O)C1=C(C)Nc2nc(SCC)nn2C1c1ccccc1OCc1ccc(Cl)cc1. The third-order valence-corrected chi connectivity index (χ3v) is 6.15. The zero-order chi connectivity index (χ0) is 24.1. The number of allylic oxidation sites excluding steroid dienone is 1. The first-order chi connectivity index (χ1) is 16.5. The summed E-state index contributed by atoms with van der Waals surface area (Å²) in [5.41, 5.74) is 2.85. The van der Waals surface area contributed by atoms with Crippen molar-refractivity contribution >= 4 is 35.3 Å². The summed E-state index contributed by atoms with van der Waals surface area (Å²) in [5.74, 6) is 1.58. The van der Waals surface area contributed by atoms with Gasteiger partial charge in [0.1, 0.15) is 25.0 Å². The van der Waals surface area contributed by atoms with Gasteiger partial charge in [0.2, 0.25) is 11.1 Å². The number of esters is 1. The molecule has 1 aliphatic heterocycles. The fourth-order valence-electron chi connectivity index (χ4n) is 3.67. The third-order valence-electron chi connectivity index (χ3n) is 5.18. The van der Waals surface area contributed by atoms with Gasteiger partial charge in [-0.2, -0.15) is 4.98 Å². The molecule has 0 spiro atoms. The highest BCUT2D eigenvalue weighted by Crippen LogP contribution is 2.40. The van der Waals surface area contributed by atoms with Gasteiger partial charge < -0.3 is 14.8 Å². The van der Waals surface area contributed by atoms with Gasteiger partial charge in [0.15, 0.2) is 0 Å². The summed E-state index contributed by atoms with van der Waals surface area (Å²) in [6, 6.07) is 14.5. The summed E-state index contributed by atoms with van der Waals surface area (Å²) in [4.78, 5) is 17.7. The van der Waals surface area contributed by atoms with Gasteiger partial charge in [-0.1, -0.05) is 73.3 Å². The van der Waals surface area contributed by atoms with E-state index in [1.807, 2.05) is 62.4 Å². The van der Waals surface area contributed by atoms with Crippen LogP contribution < -0.4 is 10.1 Å². The van der Waals surface area contributed by atoms with Crippen LogP contribution in [0.3, 0.4) is 0 Å². The van der Waals surface area contributed by atoms with Crippen LogP contribution in [0.25, 0.3) is 0 Å². The molecule has 0 saturated heterocycles. The molecule has 9 heteroatoms. The molecule has 0 bridgehead atoms. The van der Waals surface area contributed by atoms with E-state index in [1.54, 1.807) is 10.8 Å². The van der Waals surface area contributed by atoms with Crippen LogP contribution in [0.1, 0.15) is 31.0 Å². The first-order valence-electron chi connectivity index (χ1n) is 10.8. The van der Waals surface area contributed by atoms with Gasteiger partial charge in [0, 0.05) is 16.3 Å². The maximum atomic E-state index is 13.1. The first kappa shape index (κ1) is 23.9. The van der Waals surface area contributed by atoms with E-state index in [4.69, 9.17) is 21.1 Å². The Hall–Kier alpha value is -3.23. The number of para-hydroxylation sites is 1. The number of nitrogens with one attached hydrogen (secondary N) is 1. The van der Waals surface area contributed by atoms with Crippen LogP contribution in [-0.2, 0) is 16.1 Å². The fraction of sp³-hybridized carbons (Fsp3) is 0.240. The number of anilines is 1. The predicted octanol–water partition coefficient (Wildman–Crippen LogP) is 5.64. The second-order valence-corrected chi connectivity index (χ2v) is 9.17. The van der Waals surface area contributed by atoms with E-state index in [-0.39, 0.29) is 6.61 Å². The lowest BCUT2D eigenvalue weighted by Gasteiger charge is -2.29. The Morgan fingerprint density at radius 3 is 2.76 bits per heavy atom. The van der Waals surface area contributed by atoms with E-state index in [2.05, 4.69) is 22.0 Å². The molecule has 3 aromatic rings. The highest BCUT2D eigenvalue weighted by atomic mass is 35.5. The van der Waals surface area contributed by atoms with E-state index in [1.165, 1.54) is 11.8 Å². The van der Waals surface area contributed by atoms with E-state index in [0.717, 1.165) is 16.9 Å². The van der Waals surface area contributed by atoms with Crippen LogP contribution in [0.5, 0.6) is 5.75 Å². The number of hydrogen-bond acceptors (Lipinski definition) is 7. The molecule has 2 heterocycles. The van der Waals surface area contributed by atoms with Crippen molar-refractivity contribution in [3.05, 3.63) is 88.6 Å². The molecule has 7 nitrogen and oxygen atoms in total. The Bertz CT molecular complexity index is 1220. The smallest absolute Gasteiger partial charge is 0.338 e. The minimum atomic E-state index is -0.575. The van der Waals surface area contributed by atoms with Gasteiger partial charge >= 0.3 is 5.97 Å². The summed E-state index contributed by atoms with van der Waals surface area (Å²) in [6.45, 7) is 7.97. The van der Waals surface area contributed by atoms with Crippen molar-refractivity contribution in [3.63, 3.8) is 0 Å². The molecule has 1 unspecified atom stereocenters. The van der Waals surface area contributed by atoms with Crippen LogP contribution in [0.2, 0.25) is 5.02 Å². The molecule has 0 amide bonds. The number of nitrogens with zero attached hydrogens (tertiary/aromatic N) is 3. The van der Waals surface area contributed by atoms with Crippen LogP contribution in [0.4, 0.5) is 5.95 Å². The molecule has 0 saturated carbocycles. The van der Waals surface area contributed by atoms with Crippen molar-refractivity contribution in [2.24, 2.45) is 0 Å². The monoisotopic (exact) mass is 496 g/mol. The molecular formula is C25H25ClN4O3S. The van der Waals surface area contributed by atoms with Crippen molar-refractivity contribution in [1.82, 2.24) is 14.8 Å². The molecule has 2 aromatic carbocycles. The molecule has 34 heavy (non-hydrogen) atoms. The Balaban J connectivity index is 1.75. The van der Waals surface area contributed by atoms with Crippen LogP contribution in [-0.4, -0.2) is 33.1 Å². The summed E-state index contributed by atoms with van der Waals surface area (Å²) in [5, 5.41) is 9.19. The van der Waals surface area contributed by atoms with E-state index in [9.17, 15) is 4.79 Å². The zero-order valence-corrected chi connectivity index (χ0v) is 20.5. The molecule has 0 fully saturated rings. The maximum absolute atomic E-state index is 13.1. The second kappa shape index (κ2) is 10.8. The van der Waals surface area contributed by atoms with Gasteiger partial charge in [-0.05, 0) is 36.4 Å². The van der Waals surface area contributed by atoms with E-state index < -0.39 is 12.0 Å². The minimum Gasteiger partial charge on any atom is -0.489 e. The zero-order valence-electron chi connectivity index (χ0n) is 19.0. The fourth-order valence-corrected chi connectivity index (χ4v) is 4.35. The highest BCUT2D eigenvalue weighted by Gasteiger charge is 2.36. The predicted molar refractivity (Wildman–Crippen MR) is 134 cm³/mol. The second-order valence-electron chi connectivity index (χ2n) is 7.50. The number of ether oxygens (including phenoxy) is 2. The summed E-state index contributed by atoms with van der Waals surface area (Å²) < 4.78 is 13.4. The normalized spacial score (nSPS) is 14.9. The third kappa shape index (κ3) is 5.13. The average Bonchev–Trinajstić information content (AvgIpc) is 3.23. The molecule has 1 aliphatic rings. The van der Waals surface area contributed by atoms with E-state index >= 15 is 0 Å². The molecule has 0 radical (unpaired) electrons. The lowest BCUT2D eigenvalue weighted by Crippen LogP contribution is -2.30. The number of carbonyl (C=O) groups is 1. The molecule has 176 valence electrons. The lowest BCUT2D eigenvalue weighted by molar-refractivity contribution is -0.138. The van der Waals surface area contributed by atoms with Crippen LogP contribution >= 0.6 is 23.4 Å². The van der Waals surface area contributed by atoms with Crippen molar-refractivity contribution in [1.29, 1.82) is 0 Å². The van der Waals surface area contributed by atoms with Gasteiger partial charge in [-0.3, -0.25) is 0 Å². The van der Waals surface area contributed by atoms with E-state index in [0.29, 0.717) is 39.8 Å². The van der Waals surface area contributed by atoms with Crippen molar-refractivity contribution < 1.29 is 14.3 Å². The first-order valence-corrected chi connectivity index (χ1v) is 12.2. The Labute approximate surface area is 207 Å². The number of hydrogen-bond donors (Lipinski definition) is 1. The number of rotatable bonds is 9. The summed E-state index contributed by atoms with van der Waals surface area (Å²) in [6.07, 6.45) is 1.54. The molecule has 4 rings (SSSR count). The van der Waals surface area contributed by atoms with Crippen molar-refractivity contribution in [2.45, 2.75) is 31.7 Å². The average molecular weight is 497 g/mol. The Morgan fingerprint density at radius 1 is 1.26 bits per heavy atom. The number of fused-ring (bicyclic) bond motifs is 1.